The molecule has 0 spiro atoms. The van der Waals surface area contributed by atoms with Gasteiger partial charge < -0.3 is 16.2 Å². The zero-order valence-electron chi connectivity index (χ0n) is 9.62. The Hall–Kier alpha value is -1.76. The first-order chi connectivity index (χ1) is 7.99. The Morgan fingerprint density at radius 3 is 2.65 bits per heavy atom. The second-order valence-electron chi connectivity index (χ2n) is 4.50. The van der Waals surface area contributed by atoms with Gasteiger partial charge in [-0.1, -0.05) is 0 Å². The number of hydrogen-bond donors (Lipinski definition) is 4. The fraction of sp³-hybridized carbons (Fsp3) is 0.600. The van der Waals surface area contributed by atoms with E-state index in [1.54, 1.807) is 0 Å². The van der Waals surface area contributed by atoms with Crippen LogP contribution in [0.4, 0.5) is 11.5 Å². The highest BCUT2D eigenvalue weighted by Crippen LogP contribution is 2.34. The van der Waals surface area contributed by atoms with Crippen molar-refractivity contribution in [1.82, 2.24) is 9.55 Å². The molecule has 17 heavy (non-hydrogen) atoms. The highest BCUT2D eigenvalue weighted by atomic mass is 16.3. The van der Waals surface area contributed by atoms with Gasteiger partial charge in [-0.2, -0.15) is 0 Å². The Morgan fingerprint density at radius 2 is 2.18 bits per heavy atom. The van der Waals surface area contributed by atoms with Crippen LogP contribution in [0.1, 0.15) is 19.3 Å². The zero-order chi connectivity index (χ0) is 12.6. The number of nitrogens with two attached hydrogens (primary N) is 1. The van der Waals surface area contributed by atoms with E-state index in [1.807, 2.05) is 0 Å². The van der Waals surface area contributed by atoms with Crippen molar-refractivity contribution in [1.29, 1.82) is 0 Å². The van der Waals surface area contributed by atoms with E-state index in [9.17, 15) is 14.7 Å². The normalized spacial score (nSPS) is 17.5. The maximum atomic E-state index is 11.7. The number of hydrogen-bond acceptors (Lipinski definition) is 5. The number of rotatable bonds is 3. The number of aromatic amines is 1. The Morgan fingerprint density at radius 1 is 1.53 bits per heavy atom. The Bertz CT molecular complexity index is 536. The molecule has 0 saturated heterocycles. The molecule has 1 fully saturated rings. The Labute approximate surface area is 97.3 Å². The molecule has 1 aromatic rings. The third-order valence-corrected chi connectivity index (χ3v) is 3.37. The summed E-state index contributed by atoms with van der Waals surface area (Å²) in [4.78, 5) is 25.1. The van der Waals surface area contributed by atoms with Crippen molar-refractivity contribution in [2.45, 2.75) is 24.8 Å². The van der Waals surface area contributed by atoms with Gasteiger partial charge in [0.1, 0.15) is 11.5 Å². The van der Waals surface area contributed by atoms with Crippen molar-refractivity contribution >= 4 is 11.5 Å². The van der Waals surface area contributed by atoms with Gasteiger partial charge in [0.15, 0.2) is 0 Å². The highest BCUT2D eigenvalue weighted by molar-refractivity contribution is 5.61. The number of aliphatic hydroxyl groups excluding tert-OH is 1. The fourth-order valence-corrected chi connectivity index (χ4v) is 1.95. The minimum atomic E-state index is -0.551. The molecular formula is C10H16N4O3. The summed E-state index contributed by atoms with van der Waals surface area (Å²) >= 11 is 0. The van der Waals surface area contributed by atoms with Gasteiger partial charge in [-0.15, -0.1) is 0 Å². The second-order valence-corrected chi connectivity index (χ2v) is 4.50. The lowest BCUT2D eigenvalue weighted by molar-refractivity contribution is 0.144. The van der Waals surface area contributed by atoms with Crippen LogP contribution in [0.3, 0.4) is 0 Å². The van der Waals surface area contributed by atoms with Crippen LogP contribution in [-0.2, 0) is 7.05 Å². The third kappa shape index (κ3) is 1.82. The fourth-order valence-electron chi connectivity index (χ4n) is 1.95. The minimum absolute atomic E-state index is 0.0608. The summed E-state index contributed by atoms with van der Waals surface area (Å²) in [7, 11) is 1.48. The molecule has 0 amide bonds. The van der Waals surface area contributed by atoms with Gasteiger partial charge >= 0.3 is 5.69 Å². The number of nitrogen functional groups attached to an aromatic ring is 1. The summed E-state index contributed by atoms with van der Waals surface area (Å²) in [5.41, 5.74) is 4.30. The van der Waals surface area contributed by atoms with Crippen LogP contribution in [0.5, 0.6) is 0 Å². The van der Waals surface area contributed by atoms with Crippen molar-refractivity contribution in [2.24, 2.45) is 7.05 Å². The van der Waals surface area contributed by atoms with Gasteiger partial charge in [0.05, 0.1) is 12.1 Å². The molecule has 1 aliphatic carbocycles. The van der Waals surface area contributed by atoms with E-state index in [0.717, 1.165) is 23.8 Å². The van der Waals surface area contributed by atoms with Gasteiger partial charge in [-0.3, -0.25) is 14.3 Å². The van der Waals surface area contributed by atoms with E-state index < -0.39 is 16.8 Å². The Kier molecular flexibility index (Phi) is 2.70. The lowest BCUT2D eigenvalue weighted by atomic mass is 9.77. The molecule has 1 heterocycles. The number of nitrogens with zero attached hydrogens (tertiary/aromatic N) is 1. The van der Waals surface area contributed by atoms with Crippen LogP contribution in [0.15, 0.2) is 9.59 Å². The zero-order valence-corrected chi connectivity index (χ0v) is 9.62. The number of aliphatic hydroxyl groups is 1. The summed E-state index contributed by atoms with van der Waals surface area (Å²) in [5.74, 6) is 0.0819. The summed E-state index contributed by atoms with van der Waals surface area (Å²) < 4.78 is 1.16. The molecule has 1 aliphatic rings. The molecule has 1 aromatic heterocycles. The molecular weight excluding hydrogens is 224 g/mol. The van der Waals surface area contributed by atoms with E-state index in [1.165, 1.54) is 7.05 Å². The lowest BCUT2D eigenvalue weighted by Gasteiger charge is -2.41. The first-order valence-corrected chi connectivity index (χ1v) is 5.47. The van der Waals surface area contributed by atoms with Gasteiger partial charge in [0.2, 0.25) is 0 Å². The first-order valence-electron chi connectivity index (χ1n) is 5.47. The standard InChI is InChI=1S/C10H16N4O3/c1-14-7(11)6(8(16)12-9(14)17)13-10(5-15)3-2-4-10/h13,15H,2-5,11H2,1H3,(H,12,16,17). The molecule has 1 saturated carbocycles. The van der Waals surface area contributed by atoms with Gasteiger partial charge in [-0.05, 0) is 19.3 Å². The molecule has 0 unspecified atom stereocenters. The molecule has 0 bridgehead atoms. The predicted octanol–water partition coefficient (Wildman–Crippen LogP) is -1.02. The van der Waals surface area contributed by atoms with Crippen LogP contribution in [0, 0.1) is 0 Å². The molecule has 94 valence electrons. The van der Waals surface area contributed by atoms with Crippen LogP contribution in [0.2, 0.25) is 0 Å². The number of nitrogens with one attached hydrogen (secondary N) is 2. The van der Waals surface area contributed by atoms with Crippen molar-refractivity contribution in [3.05, 3.63) is 20.8 Å². The number of H-pyrrole nitrogens is 1. The maximum absolute atomic E-state index is 11.7. The van der Waals surface area contributed by atoms with Gasteiger partial charge in [-0.25, -0.2) is 4.79 Å². The largest absolute Gasteiger partial charge is 0.394 e. The van der Waals surface area contributed by atoms with Crippen molar-refractivity contribution in [3.8, 4) is 0 Å². The maximum Gasteiger partial charge on any atom is 0.329 e. The molecule has 0 aromatic carbocycles. The molecule has 0 atom stereocenters. The summed E-state index contributed by atoms with van der Waals surface area (Å²) in [5, 5.41) is 12.3. The second kappa shape index (κ2) is 3.92. The Balaban J connectivity index is 2.43. The number of anilines is 2. The third-order valence-electron chi connectivity index (χ3n) is 3.37. The van der Waals surface area contributed by atoms with Crippen LogP contribution < -0.4 is 22.3 Å². The monoisotopic (exact) mass is 240 g/mol. The SMILES string of the molecule is Cn1c(N)c(NC2(CO)CCC2)c(=O)[nH]c1=O. The summed E-state index contributed by atoms with van der Waals surface area (Å²) in [6.45, 7) is -0.0608. The quantitative estimate of drug-likeness (QED) is 0.540. The highest BCUT2D eigenvalue weighted by Gasteiger charge is 2.37. The van der Waals surface area contributed by atoms with Crippen molar-refractivity contribution in [3.63, 3.8) is 0 Å². The van der Waals surface area contributed by atoms with Crippen LogP contribution >= 0.6 is 0 Å². The smallest absolute Gasteiger partial charge is 0.329 e. The summed E-state index contributed by atoms with van der Waals surface area (Å²) in [6, 6.07) is 0. The molecule has 5 N–H and O–H groups in total. The van der Waals surface area contributed by atoms with E-state index in [-0.39, 0.29) is 18.1 Å². The van der Waals surface area contributed by atoms with Crippen molar-refractivity contribution < 1.29 is 5.11 Å². The molecule has 0 radical (unpaired) electrons. The average Bonchev–Trinajstić information content (AvgIpc) is 2.24. The topological polar surface area (TPSA) is 113 Å². The van der Waals surface area contributed by atoms with Gasteiger partial charge in [0.25, 0.3) is 5.56 Å². The molecule has 0 aliphatic heterocycles. The average molecular weight is 240 g/mol. The van der Waals surface area contributed by atoms with E-state index in [4.69, 9.17) is 5.73 Å². The predicted molar refractivity (Wildman–Crippen MR) is 64.0 cm³/mol. The van der Waals surface area contributed by atoms with Crippen molar-refractivity contribution in [2.75, 3.05) is 17.7 Å². The van der Waals surface area contributed by atoms with E-state index in [2.05, 4.69) is 10.3 Å². The minimum Gasteiger partial charge on any atom is -0.394 e. The summed E-state index contributed by atoms with van der Waals surface area (Å²) in [6.07, 6.45) is 2.56. The first kappa shape index (κ1) is 11.7. The van der Waals surface area contributed by atoms with Crippen LogP contribution in [0.25, 0.3) is 0 Å². The van der Waals surface area contributed by atoms with E-state index >= 15 is 0 Å². The van der Waals surface area contributed by atoms with Gasteiger partial charge in [0, 0.05) is 7.05 Å². The van der Waals surface area contributed by atoms with Crippen LogP contribution in [-0.4, -0.2) is 26.8 Å². The molecule has 7 heteroatoms. The molecule has 7 nitrogen and oxygen atoms in total. The lowest BCUT2D eigenvalue weighted by Crippen LogP contribution is -2.50. The molecule has 2 rings (SSSR count). The number of aromatic nitrogens is 2. The van der Waals surface area contributed by atoms with E-state index in [0.29, 0.717) is 0 Å².